The van der Waals surface area contributed by atoms with Gasteiger partial charge in [0.25, 0.3) is 0 Å². The number of imidazole rings is 1. The van der Waals surface area contributed by atoms with E-state index in [1.807, 2.05) is 4.90 Å². The molecule has 3 rings (SSSR count). The Morgan fingerprint density at radius 2 is 1.91 bits per heavy atom. The van der Waals surface area contributed by atoms with Gasteiger partial charge in [-0.05, 0) is 30.7 Å². The number of carbonyl (C=O) groups excluding carboxylic acids is 1. The Morgan fingerprint density at radius 3 is 2.55 bits per heavy atom. The lowest BCUT2D eigenvalue weighted by molar-refractivity contribution is -0.131. The zero-order valence-electron chi connectivity index (χ0n) is 12.3. The van der Waals surface area contributed by atoms with Crippen LogP contribution in [0.5, 0.6) is 0 Å². The first kappa shape index (κ1) is 14.6. The normalized spacial score (nSPS) is 15.1. The molecule has 1 N–H and O–H groups in total. The van der Waals surface area contributed by atoms with E-state index in [0.29, 0.717) is 25.9 Å². The Morgan fingerprint density at radius 1 is 1.18 bits per heavy atom. The lowest BCUT2D eigenvalue weighted by atomic mass is 10.2. The maximum Gasteiger partial charge on any atom is 0.223 e. The van der Waals surface area contributed by atoms with Crippen LogP contribution in [0.1, 0.15) is 12.1 Å². The second-order valence-electron chi connectivity index (χ2n) is 5.42. The molecule has 1 aliphatic heterocycles. The van der Waals surface area contributed by atoms with Gasteiger partial charge in [-0.25, -0.2) is 9.37 Å². The van der Waals surface area contributed by atoms with Crippen molar-refractivity contribution >= 4 is 11.6 Å². The number of piperazine rings is 1. The summed E-state index contributed by atoms with van der Waals surface area (Å²) in [4.78, 5) is 23.2. The van der Waals surface area contributed by atoms with Gasteiger partial charge in [0.2, 0.25) is 5.91 Å². The van der Waals surface area contributed by atoms with Crippen molar-refractivity contribution in [2.75, 3.05) is 31.1 Å². The Bertz CT molecular complexity index is 604. The molecule has 1 aromatic carbocycles. The first-order valence-corrected chi connectivity index (χ1v) is 7.48. The summed E-state index contributed by atoms with van der Waals surface area (Å²) in [5, 5.41) is 0. The molecule has 1 aliphatic rings. The molecule has 1 amide bonds. The van der Waals surface area contributed by atoms with Crippen molar-refractivity contribution in [2.45, 2.75) is 12.8 Å². The van der Waals surface area contributed by atoms with E-state index in [0.717, 1.165) is 24.5 Å². The van der Waals surface area contributed by atoms with E-state index in [9.17, 15) is 9.18 Å². The minimum atomic E-state index is -0.226. The fourth-order valence-electron chi connectivity index (χ4n) is 2.69. The summed E-state index contributed by atoms with van der Waals surface area (Å²) in [5.41, 5.74) is 1.99. The van der Waals surface area contributed by atoms with Gasteiger partial charge in [0.15, 0.2) is 0 Å². The molecule has 0 unspecified atom stereocenters. The van der Waals surface area contributed by atoms with Crippen LogP contribution in [0.25, 0.3) is 0 Å². The minimum Gasteiger partial charge on any atom is -0.368 e. The summed E-state index contributed by atoms with van der Waals surface area (Å²) in [7, 11) is 0. The number of rotatable bonds is 4. The molecule has 2 heterocycles. The van der Waals surface area contributed by atoms with Crippen molar-refractivity contribution in [3.05, 3.63) is 48.3 Å². The van der Waals surface area contributed by atoms with E-state index in [4.69, 9.17) is 0 Å². The number of aromatic amines is 1. The lowest BCUT2D eigenvalue weighted by Gasteiger charge is -2.36. The van der Waals surface area contributed by atoms with E-state index < -0.39 is 0 Å². The highest BCUT2D eigenvalue weighted by molar-refractivity contribution is 5.76. The van der Waals surface area contributed by atoms with Crippen LogP contribution in [0.3, 0.4) is 0 Å². The summed E-state index contributed by atoms with van der Waals surface area (Å²) in [6.45, 7) is 2.97. The predicted molar refractivity (Wildman–Crippen MR) is 82.1 cm³/mol. The monoisotopic (exact) mass is 302 g/mol. The van der Waals surface area contributed by atoms with Crippen molar-refractivity contribution in [2.24, 2.45) is 0 Å². The Kier molecular flexibility index (Phi) is 4.37. The second kappa shape index (κ2) is 6.60. The third-order valence-corrected chi connectivity index (χ3v) is 3.99. The zero-order valence-corrected chi connectivity index (χ0v) is 12.3. The van der Waals surface area contributed by atoms with Crippen LogP contribution < -0.4 is 4.90 Å². The predicted octanol–water partition coefficient (Wildman–Crippen LogP) is 1.83. The van der Waals surface area contributed by atoms with Crippen molar-refractivity contribution in [3.63, 3.8) is 0 Å². The van der Waals surface area contributed by atoms with Crippen LogP contribution >= 0.6 is 0 Å². The molecule has 6 heteroatoms. The highest BCUT2D eigenvalue weighted by Gasteiger charge is 2.21. The van der Waals surface area contributed by atoms with Crippen LogP contribution in [-0.2, 0) is 11.2 Å². The number of anilines is 1. The molecule has 1 saturated heterocycles. The van der Waals surface area contributed by atoms with Crippen molar-refractivity contribution < 1.29 is 9.18 Å². The number of carbonyl (C=O) groups is 1. The lowest BCUT2D eigenvalue weighted by Crippen LogP contribution is -2.48. The third kappa shape index (κ3) is 3.44. The second-order valence-corrected chi connectivity index (χ2v) is 5.42. The molecule has 1 aromatic heterocycles. The highest BCUT2D eigenvalue weighted by atomic mass is 19.1. The number of hydrogen-bond acceptors (Lipinski definition) is 3. The Labute approximate surface area is 128 Å². The standard InChI is InChI=1S/C16H19FN4O/c17-13-1-4-15(5-2-13)20-7-9-21(10-8-20)16(22)6-3-14-11-18-12-19-14/h1-2,4-5,11-12H,3,6-10H2,(H,18,19). The van der Waals surface area contributed by atoms with Gasteiger partial charge in [-0.15, -0.1) is 0 Å². The van der Waals surface area contributed by atoms with E-state index >= 15 is 0 Å². The van der Waals surface area contributed by atoms with Gasteiger partial charge >= 0.3 is 0 Å². The summed E-state index contributed by atoms with van der Waals surface area (Å²) >= 11 is 0. The first-order chi connectivity index (χ1) is 10.7. The Balaban J connectivity index is 1.48. The number of benzene rings is 1. The van der Waals surface area contributed by atoms with E-state index in [2.05, 4.69) is 14.9 Å². The van der Waals surface area contributed by atoms with Crippen LogP contribution in [0, 0.1) is 5.82 Å². The van der Waals surface area contributed by atoms with Gasteiger partial charge < -0.3 is 14.8 Å². The molecular weight excluding hydrogens is 283 g/mol. The number of nitrogens with one attached hydrogen (secondary N) is 1. The van der Waals surface area contributed by atoms with Crippen LogP contribution in [0.15, 0.2) is 36.8 Å². The molecule has 0 saturated carbocycles. The van der Waals surface area contributed by atoms with Crippen LogP contribution in [0.4, 0.5) is 10.1 Å². The van der Waals surface area contributed by atoms with Crippen LogP contribution in [-0.4, -0.2) is 47.0 Å². The molecule has 116 valence electrons. The average Bonchev–Trinajstić information content (AvgIpc) is 3.07. The molecule has 0 spiro atoms. The smallest absolute Gasteiger partial charge is 0.223 e. The highest BCUT2D eigenvalue weighted by Crippen LogP contribution is 2.17. The molecular formula is C16H19FN4O. The van der Waals surface area contributed by atoms with Gasteiger partial charge in [0.1, 0.15) is 5.82 Å². The summed E-state index contributed by atoms with van der Waals surface area (Å²) in [6.07, 6.45) is 4.57. The molecule has 22 heavy (non-hydrogen) atoms. The molecule has 1 fully saturated rings. The maximum atomic E-state index is 12.9. The number of nitrogens with zero attached hydrogens (tertiary/aromatic N) is 3. The van der Waals surface area contributed by atoms with E-state index in [1.165, 1.54) is 12.1 Å². The molecule has 5 nitrogen and oxygen atoms in total. The van der Waals surface area contributed by atoms with Crippen molar-refractivity contribution in [1.29, 1.82) is 0 Å². The third-order valence-electron chi connectivity index (χ3n) is 3.99. The zero-order chi connectivity index (χ0) is 15.4. The van der Waals surface area contributed by atoms with Crippen molar-refractivity contribution in [3.8, 4) is 0 Å². The molecule has 0 atom stereocenters. The van der Waals surface area contributed by atoms with Crippen LogP contribution in [0.2, 0.25) is 0 Å². The number of amides is 1. The largest absolute Gasteiger partial charge is 0.368 e. The van der Waals surface area contributed by atoms with E-state index in [-0.39, 0.29) is 11.7 Å². The number of aromatic nitrogens is 2. The topological polar surface area (TPSA) is 52.2 Å². The average molecular weight is 302 g/mol. The number of hydrogen-bond donors (Lipinski definition) is 1. The summed E-state index contributed by atoms with van der Waals surface area (Å²) in [5.74, 6) is -0.0512. The quantitative estimate of drug-likeness (QED) is 0.937. The summed E-state index contributed by atoms with van der Waals surface area (Å²) in [6, 6.07) is 6.50. The van der Waals surface area contributed by atoms with Gasteiger partial charge in [-0.2, -0.15) is 0 Å². The first-order valence-electron chi connectivity index (χ1n) is 7.48. The molecule has 0 bridgehead atoms. The fourth-order valence-corrected chi connectivity index (χ4v) is 2.69. The Hall–Kier alpha value is -2.37. The molecule has 2 aromatic rings. The van der Waals surface area contributed by atoms with Gasteiger partial charge in [0.05, 0.1) is 6.33 Å². The fraction of sp³-hybridized carbons (Fsp3) is 0.375. The minimum absolute atomic E-state index is 0.174. The van der Waals surface area contributed by atoms with E-state index in [1.54, 1.807) is 24.7 Å². The van der Waals surface area contributed by atoms with Gasteiger partial charge in [-0.3, -0.25) is 4.79 Å². The number of halogens is 1. The molecule has 0 radical (unpaired) electrons. The van der Waals surface area contributed by atoms with Crippen molar-refractivity contribution in [1.82, 2.24) is 14.9 Å². The van der Waals surface area contributed by atoms with Gasteiger partial charge in [0, 0.05) is 50.2 Å². The maximum absolute atomic E-state index is 12.9. The summed E-state index contributed by atoms with van der Waals surface area (Å²) < 4.78 is 12.9. The van der Waals surface area contributed by atoms with Gasteiger partial charge in [-0.1, -0.05) is 0 Å². The SMILES string of the molecule is O=C(CCc1cnc[nH]1)N1CCN(c2ccc(F)cc2)CC1. The molecule has 0 aliphatic carbocycles. The number of aryl methyl sites for hydroxylation is 1. The number of H-pyrrole nitrogens is 1.